The van der Waals surface area contributed by atoms with Gasteiger partial charge in [-0.05, 0) is 86.0 Å². The number of rotatable bonds is 1. The summed E-state index contributed by atoms with van der Waals surface area (Å²) in [5.41, 5.74) is -0.507. The lowest BCUT2D eigenvalue weighted by molar-refractivity contribution is -0.244. The molecule has 5 nitrogen and oxygen atoms in total. The van der Waals surface area contributed by atoms with Gasteiger partial charge >= 0.3 is 5.97 Å². The molecule has 0 aromatic carbocycles. The molecule has 9 atom stereocenters. The maximum absolute atomic E-state index is 12.1. The zero-order valence-corrected chi connectivity index (χ0v) is 17.1. The Bertz CT molecular complexity index is 718. The fourth-order valence-corrected chi connectivity index (χ4v) is 8.37. The first-order valence-electron chi connectivity index (χ1n) is 11.2. The van der Waals surface area contributed by atoms with Crippen molar-refractivity contribution in [3.8, 4) is 0 Å². The summed E-state index contributed by atoms with van der Waals surface area (Å²) in [7, 11) is 0. The number of carbonyl (C=O) groups excluding carboxylic acids is 1. The maximum Gasteiger partial charge on any atom is 0.331 e. The van der Waals surface area contributed by atoms with Crippen LogP contribution >= 0.6 is 0 Å². The normalized spacial score (nSPS) is 55.8. The number of ether oxygens (including phenoxy) is 1. The molecule has 0 radical (unpaired) electrons. The molecule has 4 fully saturated rings. The van der Waals surface area contributed by atoms with Crippen molar-refractivity contribution in [2.75, 3.05) is 6.61 Å². The summed E-state index contributed by atoms with van der Waals surface area (Å²) < 4.78 is 5.16. The third-order valence-electron chi connectivity index (χ3n) is 10.0. The summed E-state index contributed by atoms with van der Waals surface area (Å²) in [6.45, 7) is 4.69. The van der Waals surface area contributed by atoms with Crippen LogP contribution < -0.4 is 0 Å². The van der Waals surface area contributed by atoms with Crippen LogP contribution in [0.15, 0.2) is 11.6 Å². The number of fused-ring (bicyclic) bond motifs is 5. The highest BCUT2D eigenvalue weighted by Gasteiger charge is 2.70. The monoisotopic (exact) mass is 390 g/mol. The largest absolute Gasteiger partial charge is 0.458 e. The summed E-state index contributed by atoms with van der Waals surface area (Å²) in [6, 6.07) is 0. The van der Waals surface area contributed by atoms with Gasteiger partial charge < -0.3 is 20.1 Å². The Kier molecular flexibility index (Phi) is 4.12. The second-order valence-corrected chi connectivity index (χ2v) is 10.8. The smallest absolute Gasteiger partial charge is 0.331 e. The van der Waals surface area contributed by atoms with Gasteiger partial charge in [0.25, 0.3) is 0 Å². The molecule has 0 aromatic rings. The summed E-state index contributed by atoms with van der Waals surface area (Å²) in [5.74, 6) is 0.657. The van der Waals surface area contributed by atoms with E-state index in [1.165, 1.54) is 0 Å². The average molecular weight is 391 g/mol. The number of hydrogen-bond donors (Lipinski definition) is 3. The molecule has 4 saturated carbocycles. The summed E-state index contributed by atoms with van der Waals surface area (Å²) in [5, 5.41) is 33.7. The number of esters is 1. The van der Waals surface area contributed by atoms with Crippen molar-refractivity contribution in [2.24, 2.45) is 34.5 Å². The van der Waals surface area contributed by atoms with E-state index in [0.29, 0.717) is 31.3 Å². The summed E-state index contributed by atoms with van der Waals surface area (Å²) in [6.07, 6.45) is 7.69. The summed E-state index contributed by atoms with van der Waals surface area (Å²) in [4.78, 5) is 11.6. The summed E-state index contributed by atoms with van der Waals surface area (Å²) >= 11 is 0. The van der Waals surface area contributed by atoms with E-state index in [4.69, 9.17) is 4.74 Å². The lowest BCUT2D eigenvalue weighted by atomic mass is 9.42. The van der Waals surface area contributed by atoms with Crippen LogP contribution in [0.2, 0.25) is 0 Å². The van der Waals surface area contributed by atoms with Crippen LogP contribution in [0.5, 0.6) is 0 Å². The van der Waals surface area contributed by atoms with E-state index in [0.717, 1.165) is 44.1 Å². The molecule has 3 N–H and O–H groups in total. The fraction of sp³-hybridized carbons (Fsp3) is 0.870. The number of carbonyl (C=O) groups is 1. The van der Waals surface area contributed by atoms with Crippen molar-refractivity contribution in [3.05, 3.63) is 11.6 Å². The minimum Gasteiger partial charge on any atom is -0.458 e. The minimum absolute atomic E-state index is 0.00129. The number of cyclic esters (lactones) is 1. The molecule has 28 heavy (non-hydrogen) atoms. The highest BCUT2D eigenvalue weighted by Crippen LogP contribution is 2.69. The third kappa shape index (κ3) is 2.27. The van der Waals surface area contributed by atoms with E-state index >= 15 is 0 Å². The highest BCUT2D eigenvalue weighted by molar-refractivity contribution is 5.85. The standard InChI is InChI=1S/C23H34O5/c1-21-7-5-15(24)10-14(21)3-4-17-18(21)11-19(25)22(2)16(6-8-23(17,22)27)13-9-20(26)28-12-13/h9,14-19,24-25,27H,3-8,10-12H2,1-2H3/t14-,15+,16-,17-,18+,19-,21-,22-,23-/m1/s1. The molecule has 4 aliphatic carbocycles. The van der Waals surface area contributed by atoms with Crippen molar-refractivity contribution < 1.29 is 24.9 Å². The molecule has 0 saturated heterocycles. The van der Waals surface area contributed by atoms with Gasteiger partial charge in [0.1, 0.15) is 6.61 Å². The molecule has 0 aromatic heterocycles. The SMILES string of the molecule is C[C@@]12CC[C@H](O)C[C@H]1CC[C@@H]1[C@@H]2C[C@@H](O)[C@@]2(C)[C@@H](C3=CC(=O)OC3)CC[C@@]12O. The van der Waals surface area contributed by atoms with Crippen molar-refractivity contribution in [3.63, 3.8) is 0 Å². The molecule has 5 rings (SSSR count). The predicted molar refractivity (Wildman–Crippen MR) is 103 cm³/mol. The predicted octanol–water partition coefficient (Wildman–Crippen LogP) is 2.58. The fourth-order valence-electron chi connectivity index (χ4n) is 8.37. The molecular weight excluding hydrogens is 356 g/mol. The van der Waals surface area contributed by atoms with E-state index in [1.807, 2.05) is 6.92 Å². The lowest BCUT2D eigenvalue weighted by Gasteiger charge is -2.64. The van der Waals surface area contributed by atoms with Crippen LogP contribution in [-0.4, -0.2) is 45.7 Å². The minimum atomic E-state index is -0.906. The van der Waals surface area contributed by atoms with E-state index < -0.39 is 17.1 Å². The van der Waals surface area contributed by atoms with Gasteiger partial charge in [0.05, 0.1) is 17.8 Å². The Labute approximate surface area is 167 Å². The first-order chi connectivity index (χ1) is 13.2. The highest BCUT2D eigenvalue weighted by atomic mass is 16.5. The second kappa shape index (κ2) is 6.05. The van der Waals surface area contributed by atoms with E-state index in [1.54, 1.807) is 6.08 Å². The van der Waals surface area contributed by atoms with Crippen molar-refractivity contribution >= 4 is 5.97 Å². The van der Waals surface area contributed by atoms with Gasteiger partial charge in [0.15, 0.2) is 0 Å². The molecule has 1 aliphatic heterocycles. The Morgan fingerprint density at radius 2 is 1.82 bits per heavy atom. The van der Waals surface area contributed by atoms with Crippen LogP contribution in [0.3, 0.4) is 0 Å². The second-order valence-electron chi connectivity index (χ2n) is 10.8. The number of aliphatic hydroxyl groups is 3. The van der Waals surface area contributed by atoms with Crippen molar-refractivity contribution in [1.82, 2.24) is 0 Å². The molecule has 0 amide bonds. The maximum atomic E-state index is 12.1. The van der Waals surface area contributed by atoms with Crippen LogP contribution in [0.1, 0.15) is 65.2 Å². The molecule has 1 heterocycles. The number of aliphatic hydroxyl groups excluding tert-OH is 2. The van der Waals surface area contributed by atoms with E-state index in [-0.39, 0.29) is 29.3 Å². The topological polar surface area (TPSA) is 87.0 Å². The molecule has 5 heteroatoms. The van der Waals surface area contributed by atoms with Crippen LogP contribution in [-0.2, 0) is 9.53 Å². The van der Waals surface area contributed by atoms with Crippen molar-refractivity contribution in [1.29, 1.82) is 0 Å². The zero-order chi connectivity index (χ0) is 19.9. The van der Waals surface area contributed by atoms with Gasteiger partial charge in [-0.25, -0.2) is 4.79 Å². The first-order valence-corrected chi connectivity index (χ1v) is 11.2. The Morgan fingerprint density at radius 1 is 1.04 bits per heavy atom. The average Bonchev–Trinajstić information content (AvgIpc) is 3.19. The van der Waals surface area contributed by atoms with Gasteiger partial charge in [-0.3, -0.25) is 0 Å². The molecule has 5 aliphatic rings. The van der Waals surface area contributed by atoms with Gasteiger partial charge in [-0.15, -0.1) is 0 Å². The van der Waals surface area contributed by atoms with E-state index in [9.17, 15) is 20.1 Å². The van der Waals surface area contributed by atoms with Crippen molar-refractivity contribution in [2.45, 2.75) is 83.0 Å². The van der Waals surface area contributed by atoms with Crippen LogP contribution in [0.25, 0.3) is 0 Å². The molecule has 156 valence electrons. The Balaban J connectivity index is 1.51. The third-order valence-corrected chi connectivity index (χ3v) is 10.0. The van der Waals surface area contributed by atoms with Gasteiger partial charge in [-0.1, -0.05) is 13.8 Å². The lowest BCUT2D eigenvalue weighted by Crippen LogP contribution is -2.67. The van der Waals surface area contributed by atoms with E-state index in [2.05, 4.69) is 6.92 Å². The first kappa shape index (κ1) is 19.1. The van der Waals surface area contributed by atoms with Crippen LogP contribution in [0, 0.1) is 34.5 Å². The Morgan fingerprint density at radius 3 is 2.54 bits per heavy atom. The van der Waals surface area contributed by atoms with Gasteiger partial charge in [0.2, 0.25) is 0 Å². The molecule has 0 unspecified atom stereocenters. The Hall–Kier alpha value is -0.910. The molecule has 0 bridgehead atoms. The quantitative estimate of drug-likeness (QED) is 0.599. The zero-order valence-electron chi connectivity index (χ0n) is 17.1. The van der Waals surface area contributed by atoms with Gasteiger partial charge in [0, 0.05) is 11.5 Å². The van der Waals surface area contributed by atoms with Crippen LogP contribution in [0.4, 0.5) is 0 Å². The number of hydrogen-bond acceptors (Lipinski definition) is 5. The molecular formula is C23H34O5. The molecule has 0 spiro atoms. The van der Waals surface area contributed by atoms with Gasteiger partial charge in [-0.2, -0.15) is 0 Å².